The van der Waals surface area contributed by atoms with Gasteiger partial charge in [-0.25, -0.2) is 0 Å². The molecule has 0 amide bonds. The molecule has 0 aromatic heterocycles. The van der Waals surface area contributed by atoms with Gasteiger partial charge in [0.05, 0.1) is 0 Å². The molecule has 5 fully saturated rings. The van der Waals surface area contributed by atoms with Gasteiger partial charge >= 0.3 is 0 Å². The zero-order valence-electron chi connectivity index (χ0n) is 13.1. The van der Waals surface area contributed by atoms with Gasteiger partial charge in [-0.2, -0.15) is 0 Å². The van der Waals surface area contributed by atoms with E-state index in [1.807, 2.05) is 0 Å². The summed E-state index contributed by atoms with van der Waals surface area (Å²) < 4.78 is 0. The molecule has 5 saturated carbocycles. The Balaban J connectivity index is 1.50. The van der Waals surface area contributed by atoms with Gasteiger partial charge in [0, 0.05) is 24.7 Å². The Bertz CT molecular complexity index is 552. The minimum absolute atomic E-state index is 0.0111. The van der Waals surface area contributed by atoms with Crippen LogP contribution in [0.3, 0.4) is 0 Å². The van der Waals surface area contributed by atoms with E-state index in [0.29, 0.717) is 28.3 Å². The Morgan fingerprint density at radius 2 is 1.81 bits per heavy atom. The van der Waals surface area contributed by atoms with Crippen molar-refractivity contribution in [3.8, 4) is 0 Å². The zero-order valence-corrected chi connectivity index (χ0v) is 13.1. The number of Topliss-reactive ketones (excluding diaryl/α,β-unsaturated/α-hetero) is 2. The maximum absolute atomic E-state index is 12.4. The largest absolute Gasteiger partial charge is 0.300 e. The third-order valence-corrected chi connectivity index (χ3v) is 8.78. The second-order valence-corrected chi connectivity index (χ2v) is 9.16. The van der Waals surface area contributed by atoms with Crippen molar-refractivity contribution in [3.63, 3.8) is 0 Å². The van der Waals surface area contributed by atoms with Crippen LogP contribution in [0, 0.1) is 34.0 Å². The van der Waals surface area contributed by atoms with Gasteiger partial charge in [0.25, 0.3) is 0 Å². The predicted molar refractivity (Wildman–Crippen MR) is 79.6 cm³/mol. The molecule has 0 aliphatic heterocycles. The van der Waals surface area contributed by atoms with Crippen LogP contribution in [0.15, 0.2) is 0 Å². The first-order chi connectivity index (χ1) is 10.0. The number of rotatable bonds is 0. The highest BCUT2D eigenvalue weighted by Crippen LogP contribution is 2.82. The lowest BCUT2D eigenvalue weighted by Crippen LogP contribution is -2.48. The average molecular weight is 286 g/mol. The summed E-state index contributed by atoms with van der Waals surface area (Å²) in [4.78, 5) is 24.3. The van der Waals surface area contributed by atoms with Crippen LogP contribution >= 0.6 is 0 Å². The zero-order chi connectivity index (χ0) is 14.5. The van der Waals surface area contributed by atoms with Gasteiger partial charge in [-0.1, -0.05) is 6.92 Å². The van der Waals surface area contributed by atoms with Crippen LogP contribution in [0.5, 0.6) is 0 Å². The van der Waals surface area contributed by atoms with Crippen LogP contribution in [0.2, 0.25) is 0 Å². The number of fused-ring (bicyclic) bond motifs is 3. The van der Waals surface area contributed by atoms with Gasteiger partial charge in [-0.3, -0.25) is 9.59 Å². The van der Waals surface area contributed by atoms with Crippen molar-refractivity contribution in [1.29, 1.82) is 0 Å². The van der Waals surface area contributed by atoms with Gasteiger partial charge in [-0.15, -0.1) is 0 Å². The van der Waals surface area contributed by atoms with E-state index in [1.165, 1.54) is 32.1 Å². The quantitative estimate of drug-likeness (QED) is 0.676. The highest BCUT2D eigenvalue weighted by atomic mass is 16.1. The van der Waals surface area contributed by atoms with Crippen LogP contribution in [0.4, 0.5) is 0 Å². The Morgan fingerprint density at radius 3 is 2.67 bits per heavy atom. The predicted octanol–water partition coefficient (Wildman–Crippen LogP) is 3.92. The molecule has 0 spiro atoms. The minimum Gasteiger partial charge on any atom is -0.300 e. The van der Waals surface area contributed by atoms with Crippen LogP contribution in [-0.4, -0.2) is 11.6 Å². The van der Waals surface area contributed by atoms with Gasteiger partial charge in [0.2, 0.25) is 0 Å². The molecule has 2 heteroatoms. The molecule has 0 N–H and O–H groups in total. The first-order valence-corrected chi connectivity index (χ1v) is 9.06. The lowest BCUT2D eigenvalue weighted by Gasteiger charge is -2.53. The molecule has 6 atom stereocenters. The van der Waals surface area contributed by atoms with Crippen molar-refractivity contribution < 1.29 is 9.59 Å². The second-order valence-electron chi connectivity index (χ2n) is 9.16. The van der Waals surface area contributed by atoms with E-state index in [0.717, 1.165) is 43.9 Å². The second kappa shape index (κ2) is 3.63. The van der Waals surface area contributed by atoms with E-state index in [-0.39, 0.29) is 5.41 Å². The molecule has 5 aliphatic carbocycles. The van der Waals surface area contributed by atoms with Crippen molar-refractivity contribution in [2.45, 2.75) is 71.1 Å². The molecule has 0 aromatic rings. The molecule has 0 heterocycles. The van der Waals surface area contributed by atoms with Crippen molar-refractivity contribution in [1.82, 2.24) is 0 Å². The summed E-state index contributed by atoms with van der Waals surface area (Å²) in [5, 5.41) is 0. The molecular formula is C19H26O2. The molecule has 0 aromatic carbocycles. The normalized spacial score (nSPS) is 58.0. The lowest BCUT2D eigenvalue weighted by molar-refractivity contribution is -0.134. The summed E-state index contributed by atoms with van der Waals surface area (Å²) in [6.07, 6.45) is 11.2. The van der Waals surface area contributed by atoms with Crippen LogP contribution < -0.4 is 0 Å². The Labute approximate surface area is 127 Å². The molecule has 0 bridgehead atoms. The standard InChI is InChI=1S/C19H26O2/c1-17-7-6-15-13(14(17)2-3-16(17)21)5-8-18-10-12(20)4-9-19(15,18)11-18/h13-15H,2-11H2,1H3/t13-,14-,15-,17-,18?,19-/m0/s1. The average Bonchev–Trinajstić information content (AvgIpc) is 3.05. The number of hydrogen-bond acceptors (Lipinski definition) is 2. The topological polar surface area (TPSA) is 34.1 Å². The molecular weight excluding hydrogens is 260 g/mol. The fourth-order valence-electron chi connectivity index (χ4n) is 7.71. The third-order valence-electron chi connectivity index (χ3n) is 8.78. The van der Waals surface area contributed by atoms with Crippen LogP contribution in [-0.2, 0) is 9.59 Å². The fraction of sp³-hybridized carbons (Fsp3) is 0.895. The van der Waals surface area contributed by atoms with E-state index >= 15 is 0 Å². The fourth-order valence-corrected chi connectivity index (χ4v) is 7.71. The lowest BCUT2D eigenvalue weighted by atomic mass is 9.50. The maximum atomic E-state index is 12.4. The summed E-state index contributed by atoms with van der Waals surface area (Å²) in [6, 6.07) is 0. The molecule has 1 unspecified atom stereocenters. The third kappa shape index (κ3) is 1.32. The summed E-state index contributed by atoms with van der Waals surface area (Å²) in [6.45, 7) is 2.26. The minimum atomic E-state index is 0.0111. The van der Waals surface area contributed by atoms with E-state index in [1.54, 1.807) is 0 Å². The van der Waals surface area contributed by atoms with E-state index in [4.69, 9.17) is 0 Å². The molecule has 21 heavy (non-hydrogen) atoms. The SMILES string of the molecule is C[C@]12CC[C@H]3[C@@H](CCC45CC(=O)CC[C@]34C5)[C@@H]1CCC2=O. The first-order valence-electron chi connectivity index (χ1n) is 9.06. The molecule has 2 nitrogen and oxygen atoms in total. The highest BCUT2D eigenvalue weighted by molar-refractivity contribution is 5.87. The van der Waals surface area contributed by atoms with Crippen molar-refractivity contribution in [2.75, 3.05) is 0 Å². The monoisotopic (exact) mass is 286 g/mol. The smallest absolute Gasteiger partial charge is 0.139 e. The summed E-state index contributed by atoms with van der Waals surface area (Å²) in [5.41, 5.74) is 0.952. The highest BCUT2D eigenvalue weighted by Gasteiger charge is 2.75. The number of carbonyl (C=O) groups is 2. The Kier molecular flexibility index (Phi) is 2.22. The van der Waals surface area contributed by atoms with Crippen molar-refractivity contribution in [3.05, 3.63) is 0 Å². The number of hydrogen-bond donors (Lipinski definition) is 0. The summed E-state index contributed by atoms with van der Waals surface area (Å²) in [7, 11) is 0. The molecule has 0 radical (unpaired) electrons. The Hall–Kier alpha value is -0.660. The first kappa shape index (κ1) is 12.8. The molecule has 5 rings (SSSR count). The number of carbonyl (C=O) groups excluding carboxylic acids is 2. The van der Waals surface area contributed by atoms with Crippen molar-refractivity contribution in [2.24, 2.45) is 34.0 Å². The maximum Gasteiger partial charge on any atom is 0.139 e. The summed E-state index contributed by atoms with van der Waals surface area (Å²) in [5.74, 6) is 3.37. The van der Waals surface area contributed by atoms with Gasteiger partial charge < -0.3 is 0 Å². The Morgan fingerprint density at radius 1 is 0.952 bits per heavy atom. The van der Waals surface area contributed by atoms with Crippen LogP contribution in [0.25, 0.3) is 0 Å². The molecule has 114 valence electrons. The molecule has 0 saturated heterocycles. The summed E-state index contributed by atoms with van der Waals surface area (Å²) >= 11 is 0. The number of ketones is 2. The van der Waals surface area contributed by atoms with E-state index < -0.39 is 0 Å². The van der Waals surface area contributed by atoms with E-state index in [9.17, 15) is 9.59 Å². The van der Waals surface area contributed by atoms with Crippen molar-refractivity contribution >= 4 is 11.6 Å². The van der Waals surface area contributed by atoms with Gasteiger partial charge in [-0.05, 0) is 73.5 Å². The van der Waals surface area contributed by atoms with Gasteiger partial charge in [0.15, 0.2) is 0 Å². The molecule has 5 aliphatic rings. The van der Waals surface area contributed by atoms with Gasteiger partial charge in [0.1, 0.15) is 11.6 Å². The van der Waals surface area contributed by atoms with E-state index in [2.05, 4.69) is 6.92 Å². The van der Waals surface area contributed by atoms with Crippen LogP contribution in [0.1, 0.15) is 71.1 Å².